The van der Waals surface area contributed by atoms with E-state index in [1.165, 1.54) is 0 Å². The summed E-state index contributed by atoms with van der Waals surface area (Å²) >= 11 is 0. The first kappa shape index (κ1) is 22.9. The van der Waals surface area contributed by atoms with Crippen LogP contribution in [0.25, 0.3) is 10.9 Å². The van der Waals surface area contributed by atoms with E-state index in [4.69, 9.17) is 0 Å². The summed E-state index contributed by atoms with van der Waals surface area (Å²) in [5.74, 6) is -2.18. The van der Waals surface area contributed by atoms with Crippen molar-refractivity contribution in [3.63, 3.8) is 0 Å². The molecule has 1 N–H and O–H groups in total. The summed E-state index contributed by atoms with van der Waals surface area (Å²) in [4.78, 5) is 18.0. The van der Waals surface area contributed by atoms with Gasteiger partial charge in [0.25, 0.3) is 5.91 Å². The first-order valence-corrected chi connectivity index (χ1v) is 10.6. The molecule has 1 saturated carbocycles. The first-order chi connectivity index (χ1) is 15.6. The number of rotatable bonds is 4. The Morgan fingerprint density at radius 1 is 1.03 bits per heavy atom. The maximum Gasteiger partial charge on any atom is 0.433 e. The molecule has 0 spiro atoms. The van der Waals surface area contributed by atoms with Gasteiger partial charge in [0, 0.05) is 30.2 Å². The van der Waals surface area contributed by atoms with Crippen LogP contribution in [0.5, 0.6) is 0 Å². The van der Waals surface area contributed by atoms with Gasteiger partial charge in [-0.1, -0.05) is 18.2 Å². The first-order valence-electron chi connectivity index (χ1n) is 10.6. The molecule has 0 aliphatic heterocycles. The number of benzene rings is 2. The number of nitrogens with zero attached hydrogens (tertiary/aromatic N) is 2. The van der Waals surface area contributed by atoms with Crippen molar-refractivity contribution in [1.29, 1.82) is 0 Å². The molecule has 9 heteroatoms. The Kier molecular flexibility index (Phi) is 6.23. The Morgan fingerprint density at radius 3 is 2.42 bits per heavy atom. The van der Waals surface area contributed by atoms with E-state index in [9.17, 15) is 26.7 Å². The van der Waals surface area contributed by atoms with Crippen LogP contribution in [0.4, 0.5) is 27.6 Å². The fourth-order valence-electron chi connectivity index (χ4n) is 4.33. The Bertz CT molecular complexity index is 1170. The zero-order valence-corrected chi connectivity index (χ0v) is 17.8. The number of carbonyl (C=O) groups excluding carboxylic acids is 1. The zero-order valence-electron chi connectivity index (χ0n) is 17.8. The standard InChI is InChI=1S/C24H22F5N3O/c1-32(21-13-22(24(27,28)29)31-20-5-3-2-4-17(20)21)16-9-7-15(8-10-16)30-23(33)18-12-14(25)6-11-19(18)26/h2-6,11-13,15-16H,7-10H2,1H3,(H,30,33). The zero-order chi connectivity index (χ0) is 23.8. The van der Waals surface area contributed by atoms with Crippen molar-refractivity contribution in [2.45, 2.75) is 43.9 Å². The Hall–Kier alpha value is -3.23. The molecular weight excluding hydrogens is 441 g/mol. The number of amides is 1. The van der Waals surface area contributed by atoms with Gasteiger partial charge in [0.2, 0.25) is 0 Å². The molecule has 3 aromatic rings. The second kappa shape index (κ2) is 8.96. The summed E-state index contributed by atoms with van der Waals surface area (Å²) in [5, 5.41) is 3.37. The fourth-order valence-corrected chi connectivity index (χ4v) is 4.33. The predicted octanol–water partition coefficient (Wildman–Crippen LogP) is 5.71. The molecule has 0 radical (unpaired) electrons. The largest absolute Gasteiger partial charge is 0.433 e. The van der Waals surface area contributed by atoms with E-state index in [-0.39, 0.29) is 23.2 Å². The molecule has 1 amide bonds. The summed E-state index contributed by atoms with van der Waals surface area (Å²) in [6.07, 6.45) is -2.20. The number of fused-ring (bicyclic) bond motifs is 1. The number of alkyl halides is 3. The highest BCUT2D eigenvalue weighted by molar-refractivity contribution is 5.94. The van der Waals surface area contributed by atoms with Gasteiger partial charge >= 0.3 is 6.18 Å². The van der Waals surface area contributed by atoms with Crippen molar-refractivity contribution in [2.75, 3.05) is 11.9 Å². The van der Waals surface area contributed by atoms with Gasteiger partial charge in [-0.3, -0.25) is 4.79 Å². The minimum absolute atomic E-state index is 0.0454. The normalized spacial score (nSPS) is 18.8. The van der Waals surface area contributed by atoms with Gasteiger partial charge < -0.3 is 10.2 Å². The minimum atomic E-state index is -4.56. The number of anilines is 1. The molecular formula is C24H22F5N3O. The average Bonchev–Trinajstić information content (AvgIpc) is 2.79. The van der Waals surface area contributed by atoms with Crippen LogP contribution in [0, 0.1) is 11.6 Å². The van der Waals surface area contributed by atoms with Crippen molar-refractivity contribution < 1.29 is 26.7 Å². The van der Waals surface area contributed by atoms with E-state index >= 15 is 0 Å². The molecule has 0 saturated heterocycles. The highest BCUT2D eigenvalue weighted by atomic mass is 19.4. The number of carbonyl (C=O) groups is 1. The van der Waals surface area contributed by atoms with Gasteiger partial charge in [-0.2, -0.15) is 13.2 Å². The number of para-hydroxylation sites is 1. The lowest BCUT2D eigenvalue weighted by molar-refractivity contribution is -0.140. The topological polar surface area (TPSA) is 45.2 Å². The third-order valence-corrected chi connectivity index (χ3v) is 6.12. The van der Waals surface area contributed by atoms with Crippen LogP contribution in [-0.2, 0) is 6.18 Å². The van der Waals surface area contributed by atoms with Gasteiger partial charge in [0.1, 0.15) is 17.3 Å². The second-order valence-electron chi connectivity index (χ2n) is 8.26. The quantitative estimate of drug-likeness (QED) is 0.504. The van der Waals surface area contributed by atoms with Crippen LogP contribution >= 0.6 is 0 Å². The molecule has 1 aromatic heterocycles. The summed E-state index contributed by atoms with van der Waals surface area (Å²) in [6, 6.07) is 10.2. The van der Waals surface area contributed by atoms with E-state index < -0.39 is 29.4 Å². The number of aromatic nitrogens is 1. The summed E-state index contributed by atoms with van der Waals surface area (Å²) < 4.78 is 67.4. The third-order valence-electron chi connectivity index (χ3n) is 6.12. The van der Waals surface area contributed by atoms with Crippen molar-refractivity contribution in [2.24, 2.45) is 0 Å². The lowest BCUT2D eigenvalue weighted by Gasteiger charge is -2.37. The van der Waals surface area contributed by atoms with Gasteiger partial charge in [-0.05, 0) is 56.0 Å². The number of halogens is 5. The highest BCUT2D eigenvalue weighted by Crippen LogP contribution is 2.36. The molecule has 1 heterocycles. The van der Waals surface area contributed by atoms with Gasteiger partial charge in [-0.15, -0.1) is 0 Å². The molecule has 33 heavy (non-hydrogen) atoms. The van der Waals surface area contributed by atoms with E-state index in [0.717, 1.165) is 24.3 Å². The second-order valence-corrected chi connectivity index (χ2v) is 8.26. The highest BCUT2D eigenvalue weighted by Gasteiger charge is 2.34. The van der Waals surface area contributed by atoms with Gasteiger partial charge in [0.15, 0.2) is 0 Å². The summed E-state index contributed by atoms with van der Waals surface area (Å²) in [5.41, 5.74) is -0.576. The van der Waals surface area contributed by atoms with Crippen molar-refractivity contribution >= 4 is 22.5 Å². The van der Waals surface area contributed by atoms with E-state index in [2.05, 4.69) is 10.3 Å². The van der Waals surface area contributed by atoms with Crippen LogP contribution in [0.1, 0.15) is 41.7 Å². The Labute approximate surface area is 187 Å². The molecule has 1 fully saturated rings. The lowest BCUT2D eigenvalue weighted by atomic mass is 9.89. The Morgan fingerprint density at radius 2 is 1.73 bits per heavy atom. The fraction of sp³-hybridized carbons (Fsp3) is 0.333. The third kappa shape index (κ3) is 4.91. The molecule has 1 aliphatic rings. The average molecular weight is 463 g/mol. The van der Waals surface area contributed by atoms with Crippen LogP contribution in [0.2, 0.25) is 0 Å². The van der Waals surface area contributed by atoms with Crippen LogP contribution in [-0.4, -0.2) is 30.0 Å². The summed E-state index contributed by atoms with van der Waals surface area (Å²) in [6.45, 7) is 0. The molecule has 2 aromatic carbocycles. The van der Waals surface area contributed by atoms with Crippen molar-refractivity contribution in [1.82, 2.24) is 10.3 Å². The maximum atomic E-state index is 13.9. The van der Waals surface area contributed by atoms with E-state index in [1.54, 1.807) is 31.3 Å². The smallest absolute Gasteiger partial charge is 0.371 e. The van der Waals surface area contributed by atoms with Crippen molar-refractivity contribution in [3.05, 3.63) is 71.4 Å². The van der Waals surface area contributed by atoms with Crippen molar-refractivity contribution in [3.8, 4) is 0 Å². The number of pyridine rings is 1. The SMILES string of the molecule is CN(c1cc(C(F)(F)F)nc2ccccc12)C1CCC(NC(=O)c2cc(F)ccc2F)CC1. The van der Waals surface area contributed by atoms with Crippen LogP contribution < -0.4 is 10.2 Å². The maximum absolute atomic E-state index is 13.9. The number of hydrogen-bond acceptors (Lipinski definition) is 3. The molecule has 4 rings (SSSR count). The molecule has 0 bridgehead atoms. The lowest BCUT2D eigenvalue weighted by Crippen LogP contribution is -2.43. The minimum Gasteiger partial charge on any atom is -0.371 e. The molecule has 174 valence electrons. The molecule has 0 atom stereocenters. The summed E-state index contributed by atoms with van der Waals surface area (Å²) in [7, 11) is 1.76. The Balaban J connectivity index is 1.48. The molecule has 4 nitrogen and oxygen atoms in total. The van der Waals surface area contributed by atoms with Gasteiger partial charge in [0.05, 0.1) is 11.1 Å². The van der Waals surface area contributed by atoms with Crippen LogP contribution in [0.15, 0.2) is 48.5 Å². The number of hydrogen-bond donors (Lipinski definition) is 1. The molecule has 1 aliphatic carbocycles. The van der Waals surface area contributed by atoms with E-state index in [1.807, 2.05) is 4.90 Å². The van der Waals surface area contributed by atoms with E-state index in [0.29, 0.717) is 36.8 Å². The monoisotopic (exact) mass is 463 g/mol. The number of nitrogens with one attached hydrogen (secondary N) is 1. The molecule has 0 unspecified atom stereocenters. The predicted molar refractivity (Wildman–Crippen MR) is 115 cm³/mol. The van der Waals surface area contributed by atoms with Gasteiger partial charge in [-0.25, -0.2) is 13.8 Å². The van der Waals surface area contributed by atoms with Crippen LogP contribution in [0.3, 0.4) is 0 Å².